The van der Waals surface area contributed by atoms with Crippen LogP contribution < -0.4 is 0 Å². The van der Waals surface area contributed by atoms with Gasteiger partial charge in [0, 0.05) is 18.3 Å². The molecule has 0 bridgehead atoms. The van der Waals surface area contributed by atoms with Crippen LogP contribution in [0, 0.1) is 12.3 Å². The van der Waals surface area contributed by atoms with Crippen LogP contribution in [0.3, 0.4) is 0 Å². The molecular formula is C9H15N3S. The van der Waals surface area contributed by atoms with Gasteiger partial charge in [0.05, 0.1) is 23.6 Å². The van der Waals surface area contributed by atoms with Gasteiger partial charge in [-0.3, -0.25) is 5.41 Å². The molecular weight excluding hydrogens is 182 g/mol. The van der Waals surface area contributed by atoms with Gasteiger partial charge >= 0.3 is 0 Å². The van der Waals surface area contributed by atoms with Crippen LogP contribution in [0.15, 0.2) is 5.51 Å². The molecule has 1 rings (SSSR count). The molecule has 1 aromatic rings. The summed E-state index contributed by atoms with van der Waals surface area (Å²) >= 11 is 1.66. The predicted molar refractivity (Wildman–Crippen MR) is 56.3 cm³/mol. The minimum absolute atomic E-state index is 0.674. The van der Waals surface area contributed by atoms with Gasteiger partial charge in [0.25, 0.3) is 0 Å². The first-order chi connectivity index (χ1) is 6.15. The van der Waals surface area contributed by atoms with Crippen molar-refractivity contribution in [3.63, 3.8) is 0 Å². The second-order valence-corrected chi connectivity index (χ2v) is 3.96. The first-order valence-corrected chi connectivity index (χ1v) is 5.20. The van der Waals surface area contributed by atoms with E-state index in [-0.39, 0.29) is 0 Å². The van der Waals surface area contributed by atoms with E-state index in [9.17, 15) is 0 Å². The summed E-state index contributed by atoms with van der Waals surface area (Å²) in [6.45, 7) is 4.82. The molecule has 0 aliphatic carbocycles. The van der Waals surface area contributed by atoms with Crippen molar-refractivity contribution in [2.75, 3.05) is 7.05 Å². The maximum absolute atomic E-state index is 7.63. The van der Waals surface area contributed by atoms with Crippen molar-refractivity contribution in [2.45, 2.75) is 26.8 Å². The average molecular weight is 197 g/mol. The molecule has 0 saturated heterocycles. The van der Waals surface area contributed by atoms with E-state index in [0.29, 0.717) is 5.84 Å². The fraction of sp³-hybridized carbons (Fsp3) is 0.556. The minimum Gasteiger partial charge on any atom is -0.358 e. The van der Waals surface area contributed by atoms with Gasteiger partial charge in [-0.2, -0.15) is 0 Å². The van der Waals surface area contributed by atoms with Crippen molar-refractivity contribution < 1.29 is 0 Å². The van der Waals surface area contributed by atoms with Crippen molar-refractivity contribution in [1.82, 2.24) is 9.88 Å². The maximum Gasteiger partial charge on any atom is 0.0955 e. The molecule has 13 heavy (non-hydrogen) atoms. The fourth-order valence-corrected chi connectivity index (χ4v) is 1.89. The van der Waals surface area contributed by atoms with Gasteiger partial charge in [-0.1, -0.05) is 6.92 Å². The third-order valence-electron chi connectivity index (χ3n) is 2.02. The molecule has 4 heteroatoms. The van der Waals surface area contributed by atoms with Gasteiger partial charge in [-0.15, -0.1) is 11.3 Å². The standard InChI is InChI=1S/C9H15N3S/c1-4-9(10)12(3)5-8-7(2)11-6-13-8/h6,10H,4-5H2,1-3H3. The smallest absolute Gasteiger partial charge is 0.0955 e. The Labute approximate surface area is 82.9 Å². The number of thiazole rings is 1. The summed E-state index contributed by atoms with van der Waals surface area (Å²) in [5.74, 6) is 0.674. The Bertz CT molecular complexity index is 293. The van der Waals surface area contributed by atoms with Crippen LogP contribution in [-0.2, 0) is 6.54 Å². The van der Waals surface area contributed by atoms with Gasteiger partial charge in [-0.25, -0.2) is 4.98 Å². The zero-order chi connectivity index (χ0) is 9.84. The van der Waals surface area contributed by atoms with Gasteiger partial charge in [-0.05, 0) is 6.92 Å². The Morgan fingerprint density at radius 3 is 2.85 bits per heavy atom. The second kappa shape index (κ2) is 4.37. The zero-order valence-corrected chi connectivity index (χ0v) is 9.11. The highest BCUT2D eigenvalue weighted by molar-refractivity contribution is 7.09. The summed E-state index contributed by atoms with van der Waals surface area (Å²) in [5, 5.41) is 7.63. The molecule has 3 nitrogen and oxygen atoms in total. The molecule has 0 aromatic carbocycles. The lowest BCUT2D eigenvalue weighted by atomic mass is 10.3. The number of amidine groups is 1. The molecule has 0 spiro atoms. The Hall–Kier alpha value is -0.900. The number of hydrogen-bond donors (Lipinski definition) is 1. The predicted octanol–water partition coefficient (Wildman–Crippen LogP) is 2.27. The second-order valence-electron chi connectivity index (χ2n) is 3.02. The molecule has 0 radical (unpaired) electrons. The number of aryl methyl sites for hydroxylation is 1. The van der Waals surface area contributed by atoms with E-state index in [0.717, 1.165) is 18.7 Å². The molecule has 0 atom stereocenters. The molecule has 0 aliphatic heterocycles. The molecule has 1 heterocycles. The third kappa shape index (κ3) is 2.52. The largest absolute Gasteiger partial charge is 0.358 e. The highest BCUT2D eigenvalue weighted by atomic mass is 32.1. The van der Waals surface area contributed by atoms with Crippen LogP contribution >= 0.6 is 11.3 Å². The molecule has 0 saturated carbocycles. The summed E-state index contributed by atoms with van der Waals surface area (Å²) < 4.78 is 0. The number of rotatable bonds is 3. The van der Waals surface area contributed by atoms with Gasteiger partial charge in [0.1, 0.15) is 0 Å². The third-order valence-corrected chi connectivity index (χ3v) is 2.94. The van der Waals surface area contributed by atoms with E-state index < -0.39 is 0 Å². The Morgan fingerprint density at radius 1 is 1.69 bits per heavy atom. The number of nitrogens with zero attached hydrogens (tertiary/aromatic N) is 2. The molecule has 0 unspecified atom stereocenters. The minimum atomic E-state index is 0.674. The van der Waals surface area contributed by atoms with Crippen LogP contribution in [0.5, 0.6) is 0 Å². The molecule has 0 aliphatic rings. The zero-order valence-electron chi connectivity index (χ0n) is 8.29. The molecule has 1 aromatic heterocycles. The Morgan fingerprint density at radius 2 is 2.38 bits per heavy atom. The van der Waals surface area contributed by atoms with Gasteiger partial charge in [0.2, 0.25) is 0 Å². The quantitative estimate of drug-likeness (QED) is 0.596. The lowest BCUT2D eigenvalue weighted by molar-refractivity contribution is 0.490. The van der Waals surface area contributed by atoms with Crippen molar-refractivity contribution in [3.8, 4) is 0 Å². The fourth-order valence-electron chi connectivity index (χ4n) is 1.06. The monoisotopic (exact) mass is 197 g/mol. The summed E-state index contributed by atoms with van der Waals surface area (Å²) in [6.07, 6.45) is 0.786. The van der Waals surface area contributed by atoms with Gasteiger partial charge in [0.15, 0.2) is 0 Å². The molecule has 1 N–H and O–H groups in total. The first-order valence-electron chi connectivity index (χ1n) is 4.32. The topological polar surface area (TPSA) is 40.0 Å². The van der Waals surface area contributed by atoms with Crippen LogP contribution in [0.2, 0.25) is 0 Å². The van der Waals surface area contributed by atoms with Crippen LogP contribution in [0.1, 0.15) is 23.9 Å². The van der Waals surface area contributed by atoms with E-state index >= 15 is 0 Å². The van der Waals surface area contributed by atoms with E-state index in [2.05, 4.69) is 4.98 Å². The number of aromatic nitrogens is 1. The highest BCUT2D eigenvalue weighted by Gasteiger charge is 2.06. The molecule has 72 valence electrons. The van der Waals surface area contributed by atoms with Crippen LogP contribution in [-0.4, -0.2) is 22.8 Å². The van der Waals surface area contributed by atoms with E-state index in [1.807, 2.05) is 31.3 Å². The summed E-state index contributed by atoms with van der Waals surface area (Å²) in [7, 11) is 1.95. The van der Waals surface area contributed by atoms with E-state index in [4.69, 9.17) is 5.41 Å². The summed E-state index contributed by atoms with van der Waals surface area (Å²) in [6, 6.07) is 0. The number of hydrogen-bond acceptors (Lipinski definition) is 3. The van der Waals surface area contributed by atoms with Crippen molar-refractivity contribution in [1.29, 1.82) is 5.41 Å². The lowest BCUT2D eigenvalue weighted by Gasteiger charge is -2.17. The SMILES string of the molecule is CCC(=N)N(C)Cc1scnc1C. The van der Waals surface area contributed by atoms with Gasteiger partial charge < -0.3 is 4.90 Å². The maximum atomic E-state index is 7.63. The van der Waals surface area contributed by atoms with E-state index in [1.165, 1.54) is 4.88 Å². The average Bonchev–Trinajstić information content (AvgIpc) is 2.50. The number of nitrogens with one attached hydrogen (secondary N) is 1. The first kappa shape index (κ1) is 10.2. The van der Waals surface area contributed by atoms with Crippen LogP contribution in [0.25, 0.3) is 0 Å². The van der Waals surface area contributed by atoms with E-state index in [1.54, 1.807) is 11.3 Å². The van der Waals surface area contributed by atoms with Crippen LogP contribution in [0.4, 0.5) is 0 Å². The summed E-state index contributed by atoms with van der Waals surface area (Å²) in [4.78, 5) is 7.39. The van der Waals surface area contributed by atoms with Crippen molar-refractivity contribution in [3.05, 3.63) is 16.1 Å². The normalized spacial score (nSPS) is 10.1. The molecule has 0 fully saturated rings. The highest BCUT2D eigenvalue weighted by Crippen LogP contribution is 2.14. The van der Waals surface area contributed by atoms with Crippen molar-refractivity contribution >= 4 is 17.2 Å². The summed E-state index contributed by atoms with van der Waals surface area (Å²) in [5.41, 5.74) is 2.94. The van der Waals surface area contributed by atoms with Crippen molar-refractivity contribution in [2.24, 2.45) is 0 Å². The lowest BCUT2D eigenvalue weighted by Crippen LogP contribution is -2.24. The molecule has 0 amide bonds. The Balaban J connectivity index is 2.59. The Kier molecular flexibility index (Phi) is 3.42.